The Balaban J connectivity index is 1.58. The zero-order valence-corrected chi connectivity index (χ0v) is 11.4. The molecule has 3 atom stereocenters. The molecule has 3 heterocycles. The van der Waals surface area contributed by atoms with Crippen LogP contribution in [0.3, 0.4) is 0 Å². The molecule has 3 fully saturated rings. The van der Waals surface area contributed by atoms with Crippen molar-refractivity contribution >= 4 is 5.91 Å². The first-order valence-corrected chi connectivity index (χ1v) is 7.44. The number of rotatable bonds is 2. The van der Waals surface area contributed by atoms with Crippen molar-refractivity contribution in [2.24, 2.45) is 11.8 Å². The van der Waals surface area contributed by atoms with Crippen molar-refractivity contribution in [1.29, 1.82) is 0 Å². The summed E-state index contributed by atoms with van der Waals surface area (Å²) in [6, 6.07) is 4.94. The minimum absolute atomic E-state index is 0.235. The average molecular weight is 259 g/mol. The van der Waals surface area contributed by atoms with Gasteiger partial charge in [0.05, 0.1) is 0 Å². The van der Waals surface area contributed by atoms with Gasteiger partial charge in [0.1, 0.15) is 5.69 Å². The highest BCUT2D eigenvalue weighted by molar-refractivity contribution is 5.93. The predicted molar refractivity (Wildman–Crippen MR) is 73.1 cm³/mol. The number of fused-ring (bicyclic) bond motifs is 1. The first-order valence-electron chi connectivity index (χ1n) is 7.44. The van der Waals surface area contributed by atoms with Crippen LogP contribution in [-0.2, 0) is 0 Å². The molecule has 3 unspecified atom stereocenters. The van der Waals surface area contributed by atoms with Crippen molar-refractivity contribution in [1.82, 2.24) is 14.8 Å². The van der Waals surface area contributed by atoms with Crippen LogP contribution in [0, 0.1) is 11.8 Å². The summed E-state index contributed by atoms with van der Waals surface area (Å²) < 4.78 is 2.18. The van der Waals surface area contributed by atoms with Crippen LogP contribution in [0.15, 0.2) is 18.3 Å². The summed E-state index contributed by atoms with van der Waals surface area (Å²) in [6.45, 7) is 5.27. The van der Waals surface area contributed by atoms with E-state index in [4.69, 9.17) is 0 Å². The molecule has 102 valence electrons. The van der Waals surface area contributed by atoms with Crippen LogP contribution < -0.4 is 5.32 Å². The van der Waals surface area contributed by atoms with E-state index < -0.39 is 0 Å². The van der Waals surface area contributed by atoms with E-state index in [1.807, 2.05) is 12.1 Å². The monoisotopic (exact) mass is 259 g/mol. The van der Waals surface area contributed by atoms with Gasteiger partial charge in [-0.1, -0.05) is 0 Å². The molecular weight excluding hydrogens is 238 g/mol. The second-order valence-electron chi connectivity index (χ2n) is 6.31. The summed E-state index contributed by atoms with van der Waals surface area (Å²) in [5.41, 5.74) is 0.891. The molecule has 0 bridgehead atoms. The lowest BCUT2D eigenvalue weighted by Crippen LogP contribution is -2.38. The number of likely N-dealkylation sites (tertiary alicyclic amines) is 1. The Hall–Kier alpha value is -1.29. The van der Waals surface area contributed by atoms with Crippen molar-refractivity contribution in [2.75, 3.05) is 19.6 Å². The van der Waals surface area contributed by atoms with Crippen LogP contribution in [0.2, 0.25) is 0 Å². The molecule has 0 radical (unpaired) electrons. The average Bonchev–Trinajstić information content (AvgIpc) is 2.88. The van der Waals surface area contributed by atoms with Crippen molar-refractivity contribution in [3.8, 4) is 0 Å². The van der Waals surface area contributed by atoms with Crippen molar-refractivity contribution in [3.05, 3.63) is 24.0 Å². The summed E-state index contributed by atoms with van der Waals surface area (Å²) in [7, 11) is 0. The zero-order chi connectivity index (χ0) is 13.0. The Morgan fingerprint density at radius 2 is 2.21 bits per heavy atom. The minimum atomic E-state index is 0.235. The molecule has 3 aliphatic rings. The lowest BCUT2D eigenvalue weighted by Gasteiger charge is -2.25. The van der Waals surface area contributed by atoms with Gasteiger partial charge in [0, 0.05) is 37.9 Å². The largest absolute Gasteiger partial charge is 0.340 e. The molecule has 1 N–H and O–H groups in total. The number of carbonyl (C=O) groups excluding carboxylic acids is 1. The number of amides is 1. The maximum atomic E-state index is 12.8. The fourth-order valence-electron chi connectivity index (χ4n) is 3.83. The predicted octanol–water partition coefficient (Wildman–Crippen LogP) is 1.50. The van der Waals surface area contributed by atoms with Gasteiger partial charge in [-0.3, -0.25) is 4.79 Å². The quantitative estimate of drug-likeness (QED) is 0.874. The Kier molecular flexibility index (Phi) is 2.49. The molecule has 4 rings (SSSR count). The van der Waals surface area contributed by atoms with Gasteiger partial charge < -0.3 is 14.8 Å². The Morgan fingerprint density at radius 3 is 2.95 bits per heavy atom. The van der Waals surface area contributed by atoms with Crippen LogP contribution in [0.4, 0.5) is 0 Å². The van der Waals surface area contributed by atoms with Gasteiger partial charge in [-0.05, 0) is 43.7 Å². The highest BCUT2D eigenvalue weighted by atomic mass is 16.2. The normalized spacial score (nSPS) is 33.7. The SMILES string of the molecule is CC1C2CNCC2CN1C(=O)c1cccn1C1CC1. The third-order valence-electron chi connectivity index (χ3n) is 5.13. The first kappa shape index (κ1) is 11.5. The molecular formula is C15H21N3O. The van der Waals surface area contributed by atoms with Gasteiger partial charge in [0.15, 0.2) is 0 Å². The Morgan fingerprint density at radius 1 is 1.37 bits per heavy atom. The van der Waals surface area contributed by atoms with Gasteiger partial charge in [-0.2, -0.15) is 0 Å². The van der Waals surface area contributed by atoms with Gasteiger partial charge in [-0.25, -0.2) is 0 Å². The molecule has 1 aliphatic carbocycles. The number of nitrogens with zero attached hydrogens (tertiary/aromatic N) is 2. The van der Waals surface area contributed by atoms with E-state index in [2.05, 4.69) is 27.9 Å². The molecule has 4 heteroatoms. The summed E-state index contributed by atoms with van der Waals surface area (Å²) in [5, 5.41) is 3.45. The molecule has 1 aromatic rings. The van der Waals surface area contributed by atoms with Crippen LogP contribution in [0.1, 0.15) is 36.3 Å². The molecule has 0 spiro atoms. The number of hydrogen-bond donors (Lipinski definition) is 1. The smallest absolute Gasteiger partial charge is 0.270 e. The standard InChI is InChI=1S/C15H21N3O/c1-10-13-8-16-7-11(13)9-18(10)15(19)14-3-2-6-17(14)12-4-5-12/h2-3,6,10-13,16H,4-5,7-9H2,1H3. The highest BCUT2D eigenvalue weighted by Crippen LogP contribution is 2.38. The molecule has 1 aromatic heterocycles. The molecule has 4 nitrogen and oxygen atoms in total. The van der Waals surface area contributed by atoms with E-state index in [0.29, 0.717) is 23.9 Å². The van der Waals surface area contributed by atoms with E-state index in [1.165, 1.54) is 12.8 Å². The summed E-state index contributed by atoms with van der Waals surface area (Å²) in [6.07, 6.45) is 4.51. The number of nitrogens with one attached hydrogen (secondary N) is 1. The fraction of sp³-hybridized carbons (Fsp3) is 0.667. The van der Waals surface area contributed by atoms with E-state index >= 15 is 0 Å². The second kappa shape index (κ2) is 4.10. The van der Waals surface area contributed by atoms with Crippen LogP contribution in [0.25, 0.3) is 0 Å². The summed E-state index contributed by atoms with van der Waals surface area (Å²) in [5.74, 6) is 1.54. The van der Waals surface area contributed by atoms with Gasteiger partial charge in [0.25, 0.3) is 5.91 Å². The maximum absolute atomic E-state index is 12.8. The van der Waals surface area contributed by atoms with E-state index in [-0.39, 0.29) is 5.91 Å². The van der Waals surface area contributed by atoms with Gasteiger partial charge in [-0.15, -0.1) is 0 Å². The Labute approximate surface area is 113 Å². The van der Waals surface area contributed by atoms with Crippen LogP contribution in [-0.4, -0.2) is 41.1 Å². The Bertz CT molecular complexity index is 505. The third kappa shape index (κ3) is 1.73. The molecule has 1 saturated carbocycles. The number of aromatic nitrogens is 1. The number of hydrogen-bond acceptors (Lipinski definition) is 2. The van der Waals surface area contributed by atoms with Crippen LogP contribution >= 0.6 is 0 Å². The maximum Gasteiger partial charge on any atom is 0.270 e. The summed E-state index contributed by atoms with van der Waals surface area (Å²) in [4.78, 5) is 14.9. The van der Waals surface area contributed by atoms with Gasteiger partial charge >= 0.3 is 0 Å². The topological polar surface area (TPSA) is 37.3 Å². The lowest BCUT2D eigenvalue weighted by atomic mass is 9.95. The fourth-order valence-corrected chi connectivity index (χ4v) is 3.83. The van der Waals surface area contributed by atoms with Crippen LogP contribution in [0.5, 0.6) is 0 Å². The second-order valence-corrected chi connectivity index (χ2v) is 6.31. The third-order valence-corrected chi connectivity index (χ3v) is 5.13. The van der Waals surface area contributed by atoms with E-state index in [9.17, 15) is 4.79 Å². The molecule has 0 aromatic carbocycles. The molecule has 1 amide bonds. The summed E-state index contributed by atoms with van der Waals surface area (Å²) >= 11 is 0. The molecule has 19 heavy (non-hydrogen) atoms. The van der Waals surface area contributed by atoms with Crippen molar-refractivity contribution in [2.45, 2.75) is 31.8 Å². The minimum Gasteiger partial charge on any atom is -0.340 e. The lowest BCUT2D eigenvalue weighted by molar-refractivity contribution is 0.0717. The van der Waals surface area contributed by atoms with Gasteiger partial charge in [0.2, 0.25) is 0 Å². The zero-order valence-electron chi connectivity index (χ0n) is 11.4. The highest BCUT2D eigenvalue weighted by Gasteiger charge is 2.44. The molecule has 2 aliphatic heterocycles. The van der Waals surface area contributed by atoms with Crippen molar-refractivity contribution in [3.63, 3.8) is 0 Å². The van der Waals surface area contributed by atoms with Crippen molar-refractivity contribution < 1.29 is 4.79 Å². The number of carbonyl (C=O) groups is 1. The van der Waals surface area contributed by atoms with E-state index in [1.54, 1.807) is 0 Å². The molecule has 2 saturated heterocycles. The first-order chi connectivity index (χ1) is 9.25. The van der Waals surface area contributed by atoms with E-state index in [0.717, 1.165) is 25.3 Å².